The van der Waals surface area contributed by atoms with Crippen molar-refractivity contribution in [3.8, 4) is 0 Å². The summed E-state index contributed by atoms with van der Waals surface area (Å²) < 4.78 is 5.11. The molecule has 1 atom stereocenters. The molecule has 0 saturated heterocycles. The van der Waals surface area contributed by atoms with Gasteiger partial charge >= 0.3 is 5.97 Å². The summed E-state index contributed by atoms with van der Waals surface area (Å²) in [6.07, 6.45) is 4.44. The predicted octanol–water partition coefficient (Wildman–Crippen LogP) is 2.05. The van der Waals surface area contributed by atoms with Gasteiger partial charge < -0.3 is 10.5 Å². The van der Waals surface area contributed by atoms with Gasteiger partial charge in [0.15, 0.2) is 0 Å². The SMILES string of the molecule is CCCCC(N)[CH]C(=O)OC(C)(C)C. The molecule has 14 heavy (non-hydrogen) atoms. The Bertz CT molecular complexity index is 173. The Hall–Kier alpha value is -0.570. The second-order valence-corrected chi connectivity index (χ2v) is 4.51. The van der Waals surface area contributed by atoms with Gasteiger partial charge in [0.1, 0.15) is 5.60 Å². The number of hydrogen-bond donors (Lipinski definition) is 1. The zero-order chi connectivity index (χ0) is 11.2. The Labute approximate surface area is 87.0 Å². The van der Waals surface area contributed by atoms with E-state index in [1.165, 1.54) is 6.42 Å². The van der Waals surface area contributed by atoms with Crippen LogP contribution in [-0.2, 0) is 9.53 Å². The molecule has 3 heteroatoms. The molecule has 83 valence electrons. The molecular weight excluding hydrogens is 178 g/mol. The predicted molar refractivity (Wildman–Crippen MR) is 57.6 cm³/mol. The van der Waals surface area contributed by atoms with Gasteiger partial charge in [0.25, 0.3) is 0 Å². The first-order valence-electron chi connectivity index (χ1n) is 5.18. The quantitative estimate of drug-likeness (QED) is 0.691. The average molecular weight is 200 g/mol. The summed E-state index contributed by atoms with van der Waals surface area (Å²) in [5, 5.41) is 0. The molecule has 2 N–H and O–H groups in total. The summed E-state index contributed by atoms with van der Waals surface area (Å²) in [7, 11) is 0. The van der Waals surface area contributed by atoms with Crippen molar-refractivity contribution in [2.75, 3.05) is 0 Å². The van der Waals surface area contributed by atoms with Crippen molar-refractivity contribution >= 4 is 5.97 Å². The molecule has 0 spiro atoms. The van der Waals surface area contributed by atoms with Crippen molar-refractivity contribution in [1.29, 1.82) is 0 Å². The molecule has 0 aromatic rings. The van der Waals surface area contributed by atoms with Crippen LogP contribution in [0.1, 0.15) is 47.0 Å². The summed E-state index contributed by atoms with van der Waals surface area (Å²) in [4.78, 5) is 11.3. The first kappa shape index (κ1) is 13.4. The van der Waals surface area contributed by atoms with Crippen LogP contribution in [0.3, 0.4) is 0 Å². The van der Waals surface area contributed by atoms with E-state index in [-0.39, 0.29) is 12.0 Å². The fourth-order valence-corrected chi connectivity index (χ4v) is 1.03. The maximum atomic E-state index is 11.3. The monoisotopic (exact) mass is 200 g/mol. The van der Waals surface area contributed by atoms with Gasteiger partial charge in [-0.15, -0.1) is 0 Å². The molecular formula is C11H22NO2. The molecule has 3 nitrogen and oxygen atoms in total. The van der Waals surface area contributed by atoms with Crippen LogP contribution in [0.5, 0.6) is 0 Å². The van der Waals surface area contributed by atoms with Crippen LogP contribution in [0.2, 0.25) is 0 Å². The number of hydrogen-bond acceptors (Lipinski definition) is 3. The van der Waals surface area contributed by atoms with Gasteiger partial charge in [-0.2, -0.15) is 0 Å². The van der Waals surface area contributed by atoms with Crippen molar-refractivity contribution in [3.63, 3.8) is 0 Å². The van der Waals surface area contributed by atoms with Crippen LogP contribution in [-0.4, -0.2) is 17.6 Å². The number of esters is 1. The number of carbonyl (C=O) groups is 1. The van der Waals surface area contributed by atoms with Crippen molar-refractivity contribution in [3.05, 3.63) is 6.42 Å². The number of rotatable bonds is 5. The van der Waals surface area contributed by atoms with E-state index in [9.17, 15) is 4.79 Å². The Kier molecular flexibility index (Phi) is 5.77. The number of carbonyl (C=O) groups excluding carboxylic acids is 1. The van der Waals surface area contributed by atoms with E-state index in [0.29, 0.717) is 0 Å². The molecule has 0 heterocycles. The van der Waals surface area contributed by atoms with Gasteiger partial charge in [0, 0.05) is 6.04 Å². The summed E-state index contributed by atoms with van der Waals surface area (Å²) >= 11 is 0. The molecule has 1 unspecified atom stereocenters. The lowest BCUT2D eigenvalue weighted by molar-refractivity contribution is -0.150. The molecule has 0 aliphatic rings. The Morgan fingerprint density at radius 1 is 1.50 bits per heavy atom. The van der Waals surface area contributed by atoms with Crippen LogP contribution in [0.15, 0.2) is 0 Å². The minimum absolute atomic E-state index is 0.176. The van der Waals surface area contributed by atoms with Crippen molar-refractivity contribution < 1.29 is 9.53 Å². The Morgan fingerprint density at radius 2 is 2.07 bits per heavy atom. The van der Waals surface area contributed by atoms with E-state index in [2.05, 4.69) is 6.92 Å². The normalized spacial score (nSPS) is 13.8. The lowest BCUT2D eigenvalue weighted by Crippen LogP contribution is -2.30. The van der Waals surface area contributed by atoms with Crippen molar-refractivity contribution in [2.24, 2.45) is 5.73 Å². The van der Waals surface area contributed by atoms with Gasteiger partial charge in [0.2, 0.25) is 0 Å². The minimum Gasteiger partial charge on any atom is -0.460 e. The van der Waals surface area contributed by atoms with Gasteiger partial charge in [-0.1, -0.05) is 19.8 Å². The molecule has 0 aromatic heterocycles. The standard InChI is InChI=1S/C11H22NO2/c1-5-6-7-9(12)8-10(13)14-11(2,3)4/h8-9H,5-7,12H2,1-4H3. The molecule has 0 rings (SSSR count). The summed E-state index contributed by atoms with van der Waals surface area (Å²) in [6, 6.07) is -0.176. The minimum atomic E-state index is -0.432. The maximum Gasteiger partial charge on any atom is 0.311 e. The van der Waals surface area contributed by atoms with Gasteiger partial charge in [0.05, 0.1) is 6.42 Å². The van der Waals surface area contributed by atoms with E-state index in [4.69, 9.17) is 10.5 Å². The Balaban J connectivity index is 3.71. The highest BCUT2D eigenvalue weighted by molar-refractivity contribution is 5.80. The smallest absolute Gasteiger partial charge is 0.311 e. The summed E-state index contributed by atoms with van der Waals surface area (Å²) in [6.45, 7) is 7.63. The summed E-state index contributed by atoms with van der Waals surface area (Å²) in [5.74, 6) is -0.318. The molecule has 0 fully saturated rings. The third-order valence-corrected chi connectivity index (χ3v) is 1.65. The lowest BCUT2D eigenvalue weighted by Gasteiger charge is -2.20. The fourth-order valence-electron chi connectivity index (χ4n) is 1.03. The van der Waals surface area contributed by atoms with Crippen molar-refractivity contribution in [1.82, 2.24) is 0 Å². The van der Waals surface area contributed by atoms with Gasteiger partial charge in [-0.05, 0) is 27.2 Å². The second-order valence-electron chi connectivity index (χ2n) is 4.51. The largest absolute Gasteiger partial charge is 0.460 e. The lowest BCUT2D eigenvalue weighted by atomic mass is 10.1. The van der Waals surface area contributed by atoms with E-state index >= 15 is 0 Å². The zero-order valence-electron chi connectivity index (χ0n) is 9.67. The van der Waals surface area contributed by atoms with Gasteiger partial charge in [-0.25, -0.2) is 0 Å². The van der Waals surface area contributed by atoms with Crippen molar-refractivity contribution in [2.45, 2.75) is 58.6 Å². The van der Waals surface area contributed by atoms with E-state index in [1.54, 1.807) is 0 Å². The number of unbranched alkanes of at least 4 members (excludes halogenated alkanes) is 1. The third-order valence-electron chi connectivity index (χ3n) is 1.65. The molecule has 0 bridgehead atoms. The average Bonchev–Trinajstić information content (AvgIpc) is 1.96. The fraction of sp³-hybridized carbons (Fsp3) is 0.818. The number of nitrogens with two attached hydrogens (primary N) is 1. The Morgan fingerprint density at radius 3 is 2.50 bits per heavy atom. The highest BCUT2D eigenvalue weighted by Crippen LogP contribution is 2.09. The van der Waals surface area contributed by atoms with Crippen LogP contribution in [0.25, 0.3) is 0 Å². The molecule has 0 amide bonds. The summed E-state index contributed by atoms with van der Waals surface area (Å²) in [5.41, 5.74) is 5.29. The molecule has 0 aliphatic carbocycles. The van der Waals surface area contributed by atoms with Crippen LogP contribution >= 0.6 is 0 Å². The molecule has 0 saturated carbocycles. The maximum absolute atomic E-state index is 11.3. The van der Waals surface area contributed by atoms with Crippen LogP contribution in [0, 0.1) is 6.42 Å². The second kappa shape index (κ2) is 6.02. The van der Waals surface area contributed by atoms with E-state index in [0.717, 1.165) is 19.3 Å². The first-order chi connectivity index (χ1) is 6.35. The van der Waals surface area contributed by atoms with E-state index in [1.807, 2.05) is 20.8 Å². The van der Waals surface area contributed by atoms with Crippen LogP contribution in [0.4, 0.5) is 0 Å². The molecule has 0 aliphatic heterocycles. The molecule has 1 radical (unpaired) electrons. The van der Waals surface area contributed by atoms with E-state index < -0.39 is 5.60 Å². The number of ether oxygens (including phenoxy) is 1. The highest BCUT2D eigenvalue weighted by atomic mass is 16.6. The molecule has 0 aromatic carbocycles. The third kappa shape index (κ3) is 8.05. The van der Waals surface area contributed by atoms with Gasteiger partial charge in [-0.3, -0.25) is 4.79 Å². The highest BCUT2D eigenvalue weighted by Gasteiger charge is 2.18. The van der Waals surface area contributed by atoms with Crippen LogP contribution < -0.4 is 5.73 Å². The first-order valence-corrected chi connectivity index (χ1v) is 5.18. The zero-order valence-corrected chi connectivity index (χ0v) is 9.67. The topological polar surface area (TPSA) is 52.3 Å².